The number of hydrogen-bond donors (Lipinski definition) is 0. The molecule has 0 saturated heterocycles. The predicted molar refractivity (Wildman–Crippen MR) is 126 cm³/mol. The van der Waals surface area contributed by atoms with Gasteiger partial charge in [-0.25, -0.2) is 0 Å². The average molecular weight is 376 g/mol. The van der Waals surface area contributed by atoms with Gasteiger partial charge in [0.2, 0.25) is 0 Å². The summed E-state index contributed by atoms with van der Waals surface area (Å²) in [5.41, 5.74) is 6.46. The van der Waals surface area contributed by atoms with Gasteiger partial charge in [0, 0.05) is 0 Å². The fraction of sp³-hybridized carbons (Fsp3) is 0.0370. The first-order valence-electron chi connectivity index (χ1n) is 9.59. The molecular formula is C27H21P. The lowest BCUT2D eigenvalue weighted by atomic mass is 9.89. The highest BCUT2D eigenvalue weighted by atomic mass is 31.0. The van der Waals surface area contributed by atoms with Gasteiger partial charge in [-0.3, -0.25) is 0 Å². The third kappa shape index (κ3) is 2.73. The molecular weight excluding hydrogens is 355 g/mol. The third-order valence-corrected chi connectivity index (χ3v) is 6.18. The van der Waals surface area contributed by atoms with Crippen LogP contribution in [0.1, 0.15) is 5.56 Å². The van der Waals surface area contributed by atoms with Gasteiger partial charge in [0.25, 0.3) is 0 Å². The molecule has 0 nitrogen and oxygen atoms in total. The van der Waals surface area contributed by atoms with Gasteiger partial charge in [-0.1, -0.05) is 91.0 Å². The van der Waals surface area contributed by atoms with E-state index < -0.39 is 0 Å². The van der Waals surface area contributed by atoms with Crippen LogP contribution in [0.5, 0.6) is 0 Å². The number of hydrogen-bond acceptors (Lipinski definition) is 0. The SMILES string of the molecule is Cc1ccccc1-c1cc2ccccc2c(-c2cccc3ccccc23)c1P. The van der Waals surface area contributed by atoms with Crippen molar-refractivity contribution in [1.82, 2.24) is 0 Å². The molecule has 0 heterocycles. The van der Waals surface area contributed by atoms with E-state index >= 15 is 0 Å². The molecule has 0 saturated carbocycles. The minimum Gasteiger partial charge on any atom is -0.104 e. The summed E-state index contributed by atoms with van der Waals surface area (Å²) in [4.78, 5) is 0. The average Bonchev–Trinajstić information content (AvgIpc) is 2.74. The molecule has 1 atom stereocenters. The van der Waals surface area contributed by atoms with Crippen LogP contribution in [0.2, 0.25) is 0 Å². The van der Waals surface area contributed by atoms with Gasteiger partial charge in [-0.2, -0.15) is 0 Å². The van der Waals surface area contributed by atoms with E-state index in [1.165, 1.54) is 54.7 Å². The van der Waals surface area contributed by atoms with E-state index in [2.05, 4.69) is 113 Å². The van der Waals surface area contributed by atoms with E-state index in [0.717, 1.165) is 0 Å². The molecule has 0 amide bonds. The van der Waals surface area contributed by atoms with Gasteiger partial charge >= 0.3 is 0 Å². The first-order valence-corrected chi connectivity index (χ1v) is 10.2. The van der Waals surface area contributed by atoms with Crippen molar-refractivity contribution >= 4 is 36.1 Å². The lowest BCUT2D eigenvalue weighted by molar-refractivity contribution is 1.47. The van der Waals surface area contributed by atoms with Crippen LogP contribution in [0, 0.1) is 6.92 Å². The Balaban J connectivity index is 1.93. The van der Waals surface area contributed by atoms with Gasteiger partial charge < -0.3 is 0 Å². The van der Waals surface area contributed by atoms with Crippen LogP contribution in [0.25, 0.3) is 43.8 Å². The molecule has 0 aliphatic rings. The minimum atomic E-state index is 1.25. The molecule has 1 unspecified atom stereocenters. The van der Waals surface area contributed by atoms with Gasteiger partial charge in [-0.15, -0.1) is 9.24 Å². The molecule has 0 aliphatic heterocycles. The number of aryl methyl sites for hydroxylation is 1. The van der Waals surface area contributed by atoms with E-state index in [4.69, 9.17) is 0 Å². The fourth-order valence-corrected chi connectivity index (χ4v) is 4.74. The van der Waals surface area contributed by atoms with Crippen molar-refractivity contribution in [2.75, 3.05) is 0 Å². The van der Waals surface area contributed by atoms with E-state index in [1.54, 1.807) is 0 Å². The molecule has 134 valence electrons. The number of fused-ring (bicyclic) bond motifs is 2. The molecule has 0 aromatic heterocycles. The fourth-order valence-electron chi connectivity index (χ4n) is 4.20. The maximum absolute atomic E-state index is 3.04. The molecule has 0 fully saturated rings. The Morgan fingerprint density at radius 3 is 1.96 bits per heavy atom. The second kappa shape index (κ2) is 6.89. The third-order valence-electron chi connectivity index (χ3n) is 5.58. The normalized spacial score (nSPS) is 11.2. The summed E-state index contributed by atoms with van der Waals surface area (Å²) in [6.07, 6.45) is 0. The minimum absolute atomic E-state index is 1.25. The molecule has 0 N–H and O–H groups in total. The second-order valence-electron chi connectivity index (χ2n) is 7.28. The first kappa shape index (κ1) is 17.2. The maximum atomic E-state index is 3.04. The van der Waals surface area contributed by atoms with Crippen molar-refractivity contribution in [2.24, 2.45) is 0 Å². The van der Waals surface area contributed by atoms with Crippen LogP contribution in [-0.4, -0.2) is 0 Å². The van der Waals surface area contributed by atoms with Crippen LogP contribution in [0.3, 0.4) is 0 Å². The van der Waals surface area contributed by atoms with Crippen molar-refractivity contribution in [2.45, 2.75) is 6.92 Å². The summed E-state index contributed by atoms with van der Waals surface area (Å²) in [6.45, 7) is 2.19. The molecule has 5 rings (SSSR count). The van der Waals surface area contributed by atoms with Gasteiger partial charge in [0.1, 0.15) is 0 Å². The summed E-state index contributed by atoms with van der Waals surface area (Å²) >= 11 is 0. The highest BCUT2D eigenvalue weighted by Crippen LogP contribution is 2.37. The largest absolute Gasteiger partial charge is 0.104 e. The van der Waals surface area contributed by atoms with Crippen molar-refractivity contribution in [3.8, 4) is 22.3 Å². The summed E-state index contributed by atoms with van der Waals surface area (Å²) < 4.78 is 0. The first-order chi connectivity index (χ1) is 13.7. The van der Waals surface area contributed by atoms with Crippen LogP contribution in [0.15, 0.2) is 97.1 Å². The molecule has 28 heavy (non-hydrogen) atoms. The Labute approximate surface area is 168 Å². The van der Waals surface area contributed by atoms with Crippen LogP contribution in [-0.2, 0) is 0 Å². The van der Waals surface area contributed by atoms with Gasteiger partial charge in [-0.05, 0) is 67.7 Å². The lowest BCUT2D eigenvalue weighted by Crippen LogP contribution is -2.04. The van der Waals surface area contributed by atoms with E-state index in [0.29, 0.717) is 0 Å². The topological polar surface area (TPSA) is 0 Å². The van der Waals surface area contributed by atoms with Crippen LogP contribution < -0.4 is 5.30 Å². The molecule has 5 aromatic rings. The van der Waals surface area contributed by atoms with E-state index in [-0.39, 0.29) is 0 Å². The standard InChI is InChI=1S/C27H21P/c1-18-9-2-5-13-21(18)25-17-20-11-4-7-15-23(20)26(27(25)28)24-16-8-12-19-10-3-6-14-22(19)24/h2-17H,28H2,1H3. The Morgan fingerprint density at radius 2 is 1.14 bits per heavy atom. The van der Waals surface area contributed by atoms with Crippen LogP contribution in [0.4, 0.5) is 0 Å². The Bertz CT molecular complexity index is 1330. The monoisotopic (exact) mass is 376 g/mol. The Hall–Kier alpha value is -2.95. The van der Waals surface area contributed by atoms with Crippen molar-refractivity contribution in [3.05, 3.63) is 103 Å². The van der Waals surface area contributed by atoms with E-state index in [9.17, 15) is 0 Å². The van der Waals surface area contributed by atoms with Crippen molar-refractivity contribution in [3.63, 3.8) is 0 Å². The molecule has 0 bridgehead atoms. The molecule has 0 spiro atoms. The summed E-state index contributed by atoms with van der Waals surface area (Å²) in [5.74, 6) is 0. The van der Waals surface area contributed by atoms with Gasteiger partial charge in [0.15, 0.2) is 0 Å². The highest BCUT2D eigenvalue weighted by Gasteiger charge is 2.16. The van der Waals surface area contributed by atoms with Crippen LogP contribution >= 0.6 is 9.24 Å². The zero-order valence-electron chi connectivity index (χ0n) is 15.8. The Kier molecular flexibility index (Phi) is 4.23. The van der Waals surface area contributed by atoms with Gasteiger partial charge in [0.05, 0.1) is 0 Å². The molecule has 1 heteroatoms. The number of benzene rings is 5. The predicted octanol–water partition coefficient (Wildman–Crippen LogP) is 7.14. The summed E-state index contributed by atoms with van der Waals surface area (Å²) in [5, 5.41) is 6.39. The number of rotatable bonds is 2. The smallest absolute Gasteiger partial charge is 0.00212 e. The quantitative estimate of drug-likeness (QED) is 0.287. The van der Waals surface area contributed by atoms with E-state index in [1.807, 2.05) is 0 Å². The highest BCUT2D eigenvalue weighted by molar-refractivity contribution is 7.28. The Morgan fingerprint density at radius 1 is 0.536 bits per heavy atom. The van der Waals surface area contributed by atoms with Crippen molar-refractivity contribution < 1.29 is 0 Å². The summed E-state index contributed by atoms with van der Waals surface area (Å²) in [7, 11) is 3.04. The maximum Gasteiger partial charge on any atom is -0.00212 e. The van der Waals surface area contributed by atoms with Crippen molar-refractivity contribution in [1.29, 1.82) is 0 Å². The summed E-state index contributed by atoms with van der Waals surface area (Å²) in [6, 6.07) is 34.9. The molecule has 0 radical (unpaired) electrons. The zero-order valence-corrected chi connectivity index (χ0v) is 17.0. The molecule has 5 aromatic carbocycles. The lowest BCUT2D eigenvalue weighted by Gasteiger charge is -2.18. The second-order valence-corrected chi connectivity index (χ2v) is 7.85. The zero-order chi connectivity index (χ0) is 19.1. The molecule has 0 aliphatic carbocycles.